The normalized spacial score (nSPS) is 13.3. The van der Waals surface area contributed by atoms with Crippen molar-refractivity contribution >= 4 is 17.6 Å². The van der Waals surface area contributed by atoms with E-state index in [0.717, 1.165) is 5.56 Å². The molecule has 3 nitrogen and oxygen atoms in total. The lowest BCUT2D eigenvalue weighted by Crippen LogP contribution is -2.25. The molecule has 2 atom stereocenters. The van der Waals surface area contributed by atoms with Gasteiger partial charge in [-0.3, -0.25) is 0 Å². The SMILES string of the molecule is CC(COCc1ccccc1)C(C)OC(=O)c1cccc(Cl)c1. The van der Waals surface area contributed by atoms with Crippen LogP contribution in [0.25, 0.3) is 0 Å². The minimum Gasteiger partial charge on any atom is -0.459 e. The zero-order valence-electron chi connectivity index (χ0n) is 13.4. The monoisotopic (exact) mass is 332 g/mol. The predicted octanol–water partition coefficient (Wildman–Crippen LogP) is 4.74. The lowest BCUT2D eigenvalue weighted by atomic mass is 10.1. The third-order valence-electron chi connectivity index (χ3n) is 3.65. The van der Waals surface area contributed by atoms with E-state index in [0.29, 0.717) is 23.8 Å². The molecule has 0 fully saturated rings. The Morgan fingerprint density at radius 2 is 1.83 bits per heavy atom. The van der Waals surface area contributed by atoms with Crippen molar-refractivity contribution in [2.45, 2.75) is 26.6 Å². The van der Waals surface area contributed by atoms with E-state index in [4.69, 9.17) is 21.1 Å². The average molecular weight is 333 g/mol. The van der Waals surface area contributed by atoms with Gasteiger partial charge in [0, 0.05) is 10.9 Å². The molecule has 4 heteroatoms. The highest BCUT2D eigenvalue weighted by Crippen LogP contribution is 2.15. The molecular weight excluding hydrogens is 312 g/mol. The Hall–Kier alpha value is -1.84. The van der Waals surface area contributed by atoms with Crippen molar-refractivity contribution in [3.05, 3.63) is 70.7 Å². The molecule has 2 aromatic carbocycles. The summed E-state index contributed by atoms with van der Waals surface area (Å²) in [5, 5.41) is 0.520. The molecule has 0 heterocycles. The van der Waals surface area contributed by atoms with Gasteiger partial charge in [-0.05, 0) is 30.7 Å². The van der Waals surface area contributed by atoms with Crippen molar-refractivity contribution in [2.75, 3.05) is 6.61 Å². The highest BCUT2D eigenvalue weighted by Gasteiger charge is 2.18. The number of halogens is 1. The Morgan fingerprint density at radius 1 is 1.09 bits per heavy atom. The van der Waals surface area contributed by atoms with E-state index in [1.54, 1.807) is 24.3 Å². The summed E-state index contributed by atoms with van der Waals surface area (Å²) in [7, 11) is 0. The first-order valence-corrected chi connectivity index (χ1v) is 8.02. The Morgan fingerprint density at radius 3 is 2.52 bits per heavy atom. The van der Waals surface area contributed by atoms with Gasteiger partial charge >= 0.3 is 5.97 Å². The van der Waals surface area contributed by atoms with E-state index in [1.165, 1.54) is 0 Å². The van der Waals surface area contributed by atoms with Crippen LogP contribution in [0.1, 0.15) is 29.8 Å². The molecule has 0 saturated heterocycles. The van der Waals surface area contributed by atoms with Crippen molar-refractivity contribution in [3.8, 4) is 0 Å². The van der Waals surface area contributed by atoms with Gasteiger partial charge in [-0.1, -0.05) is 54.9 Å². The van der Waals surface area contributed by atoms with Crippen molar-refractivity contribution in [3.63, 3.8) is 0 Å². The summed E-state index contributed by atoms with van der Waals surface area (Å²) in [5.41, 5.74) is 1.59. The highest BCUT2D eigenvalue weighted by molar-refractivity contribution is 6.30. The van der Waals surface area contributed by atoms with Gasteiger partial charge in [0.05, 0.1) is 18.8 Å². The quantitative estimate of drug-likeness (QED) is 0.687. The van der Waals surface area contributed by atoms with Gasteiger partial charge in [0.25, 0.3) is 0 Å². The van der Waals surface area contributed by atoms with E-state index < -0.39 is 0 Å². The summed E-state index contributed by atoms with van der Waals surface area (Å²) in [5.74, 6) is -0.267. The van der Waals surface area contributed by atoms with Gasteiger partial charge in [0.1, 0.15) is 6.10 Å². The second-order valence-corrected chi connectivity index (χ2v) is 6.04. The summed E-state index contributed by atoms with van der Waals surface area (Å²) in [4.78, 5) is 12.1. The Bertz CT molecular complexity index is 628. The van der Waals surface area contributed by atoms with Crippen LogP contribution in [-0.4, -0.2) is 18.7 Å². The van der Waals surface area contributed by atoms with Gasteiger partial charge in [0.2, 0.25) is 0 Å². The lowest BCUT2D eigenvalue weighted by molar-refractivity contribution is -0.000309. The van der Waals surface area contributed by atoms with Crippen LogP contribution in [0.5, 0.6) is 0 Å². The molecule has 0 aliphatic heterocycles. The largest absolute Gasteiger partial charge is 0.459 e. The van der Waals surface area contributed by atoms with Gasteiger partial charge in [-0.25, -0.2) is 4.79 Å². The van der Waals surface area contributed by atoms with Crippen LogP contribution >= 0.6 is 11.6 Å². The maximum atomic E-state index is 12.1. The zero-order chi connectivity index (χ0) is 16.7. The Labute approximate surface area is 142 Å². The molecule has 0 saturated carbocycles. The fourth-order valence-corrected chi connectivity index (χ4v) is 2.23. The molecule has 0 aromatic heterocycles. The second-order valence-electron chi connectivity index (χ2n) is 5.60. The van der Waals surface area contributed by atoms with E-state index in [-0.39, 0.29) is 18.0 Å². The van der Waals surface area contributed by atoms with Crippen molar-refractivity contribution in [2.24, 2.45) is 5.92 Å². The average Bonchev–Trinajstić information content (AvgIpc) is 2.55. The van der Waals surface area contributed by atoms with Gasteiger partial charge in [0.15, 0.2) is 0 Å². The number of hydrogen-bond acceptors (Lipinski definition) is 3. The van der Waals surface area contributed by atoms with Gasteiger partial charge in [-0.2, -0.15) is 0 Å². The van der Waals surface area contributed by atoms with Crippen molar-refractivity contribution < 1.29 is 14.3 Å². The van der Waals surface area contributed by atoms with Crippen molar-refractivity contribution in [1.82, 2.24) is 0 Å². The number of carbonyl (C=O) groups excluding carboxylic acids is 1. The maximum absolute atomic E-state index is 12.1. The summed E-state index contributed by atoms with van der Waals surface area (Å²) < 4.78 is 11.2. The topological polar surface area (TPSA) is 35.5 Å². The lowest BCUT2D eigenvalue weighted by Gasteiger charge is -2.20. The molecule has 2 unspecified atom stereocenters. The number of hydrogen-bond donors (Lipinski definition) is 0. The smallest absolute Gasteiger partial charge is 0.338 e. The summed E-state index contributed by atoms with van der Waals surface area (Å²) in [6.45, 7) is 4.96. The van der Waals surface area contributed by atoms with E-state index in [1.807, 2.05) is 44.2 Å². The second kappa shape index (κ2) is 8.70. The molecule has 23 heavy (non-hydrogen) atoms. The van der Waals surface area contributed by atoms with Crippen LogP contribution < -0.4 is 0 Å². The van der Waals surface area contributed by atoms with Crippen LogP contribution in [0.3, 0.4) is 0 Å². The third kappa shape index (κ3) is 5.70. The van der Waals surface area contributed by atoms with Crippen LogP contribution in [0.15, 0.2) is 54.6 Å². The van der Waals surface area contributed by atoms with Crippen molar-refractivity contribution in [1.29, 1.82) is 0 Å². The van der Waals surface area contributed by atoms with E-state index in [2.05, 4.69) is 0 Å². The first kappa shape index (κ1) is 17.5. The van der Waals surface area contributed by atoms with E-state index in [9.17, 15) is 4.79 Å². The molecule has 0 bridgehead atoms. The third-order valence-corrected chi connectivity index (χ3v) is 3.88. The number of rotatable bonds is 7. The molecule has 0 radical (unpaired) electrons. The Kier molecular flexibility index (Phi) is 6.63. The number of esters is 1. The fourth-order valence-electron chi connectivity index (χ4n) is 2.04. The van der Waals surface area contributed by atoms with E-state index >= 15 is 0 Å². The van der Waals surface area contributed by atoms with Crippen LogP contribution in [0.2, 0.25) is 5.02 Å². The molecule has 0 N–H and O–H groups in total. The molecule has 0 aliphatic carbocycles. The minimum atomic E-state index is -0.366. The van der Waals surface area contributed by atoms with Gasteiger partial charge < -0.3 is 9.47 Å². The molecule has 0 amide bonds. The molecule has 2 rings (SSSR count). The zero-order valence-corrected chi connectivity index (χ0v) is 14.1. The molecule has 122 valence electrons. The highest BCUT2D eigenvalue weighted by atomic mass is 35.5. The van der Waals surface area contributed by atoms with Crippen LogP contribution in [0.4, 0.5) is 0 Å². The molecular formula is C19H21ClO3. The minimum absolute atomic E-state index is 0.0989. The first-order valence-electron chi connectivity index (χ1n) is 7.64. The number of benzene rings is 2. The summed E-state index contributed by atoms with van der Waals surface area (Å²) >= 11 is 5.89. The van der Waals surface area contributed by atoms with Crippen LogP contribution in [0, 0.1) is 5.92 Å². The fraction of sp³-hybridized carbons (Fsp3) is 0.316. The summed E-state index contributed by atoms with van der Waals surface area (Å²) in [6.07, 6.45) is -0.239. The number of carbonyl (C=O) groups is 1. The molecule has 0 aliphatic rings. The summed E-state index contributed by atoms with van der Waals surface area (Å²) in [6, 6.07) is 16.7. The molecule has 0 spiro atoms. The van der Waals surface area contributed by atoms with Crippen LogP contribution in [-0.2, 0) is 16.1 Å². The maximum Gasteiger partial charge on any atom is 0.338 e. The predicted molar refractivity (Wildman–Crippen MR) is 91.6 cm³/mol. The Balaban J connectivity index is 1.78. The van der Waals surface area contributed by atoms with Gasteiger partial charge in [-0.15, -0.1) is 0 Å². The first-order chi connectivity index (χ1) is 11.1. The molecule has 2 aromatic rings. The number of ether oxygens (including phenoxy) is 2. The standard InChI is InChI=1S/C19H21ClO3/c1-14(12-22-13-16-7-4-3-5-8-16)15(2)23-19(21)17-9-6-10-18(20)11-17/h3-11,14-15H,12-13H2,1-2H3.